The summed E-state index contributed by atoms with van der Waals surface area (Å²) in [4.78, 5) is 9.25. The average molecular weight is 472 g/mol. The number of imidazole rings is 1. The zero-order valence-corrected chi connectivity index (χ0v) is 18.4. The third-order valence-corrected chi connectivity index (χ3v) is 6.84. The molecule has 5 heteroatoms. The van der Waals surface area contributed by atoms with E-state index in [9.17, 15) is 0 Å². The van der Waals surface area contributed by atoms with Gasteiger partial charge in [0.15, 0.2) is 0 Å². The Morgan fingerprint density at radius 1 is 0.733 bits per heavy atom. The molecule has 0 fully saturated rings. The highest BCUT2D eigenvalue weighted by Gasteiger charge is 2.40. The van der Waals surface area contributed by atoms with Crippen molar-refractivity contribution in [3.8, 4) is 10.7 Å². The Hall–Kier alpha value is -3.02. The van der Waals surface area contributed by atoms with Crippen LogP contribution in [0, 0.1) is 0 Å². The zero-order valence-electron chi connectivity index (χ0n) is 16.0. The molecule has 5 aromatic rings. The molecule has 5 rings (SSSR count). The fourth-order valence-corrected chi connectivity index (χ4v) is 5.31. The molecule has 0 saturated heterocycles. The van der Waals surface area contributed by atoms with Crippen molar-refractivity contribution in [1.82, 2.24) is 14.5 Å². The van der Waals surface area contributed by atoms with Crippen molar-refractivity contribution < 1.29 is 0 Å². The quantitative estimate of drug-likeness (QED) is 0.270. The van der Waals surface area contributed by atoms with Crippen molar-refractivity contribution in [3.63, 3.8) is 0 Å². The summed E-state index contributed by atoms with van der Waals surface area (Å²) < 4.78 is 3.08. The molecule has 0 aliphatic carbocycles. The summed E-state index contributed by atoms with van der Waals surface area (Å²) in [6.07, 6.45) is 3.81. The lowest BCUT2D eigenvalue weighted by Gasteiger charge is -2.38. The molecule has 0 saturated carbocycles. The first-order valence-electron chi connectivity index (χ1n) is 9.61. The van der Waals surface area contributed by atoms with Crippen LogP contribution in [0.25, 0.3) is 10.7 Å². The first-order valence-corrected chi connectivity index (χ1v) is 11.3. The normalized spacial score (nSPS) is 11.5. The number of thiazole rings is 1. The summed E-state index contributed by atoms with van der Waals surface area (Å²) in [6.45, 7) is 0. The Kier molecular flexibility index (Phi) is 5.07. The van der Waals surface area contributed by atoms with Gasteiger partial charge < -0.3 is 4.57 Å². The highest BCUT2D eigenvalue weighted by atomic mass is 79.9. The van der Waals surface area contributed by atoms with Gasteiger partial charge in [-0.25, -0.2) is 9.97 Å². The molecule has 146 valence electrons. The summed E-state index contributed by atoms with van der Waals surface area (Å²) in [6, 6.07) is 31.8. The van der Waals surface area contributed by atoms with Gasteiger partial charge in [0.2, 0.25) is 0 Å². The highest BCUT2D eigenvalue weighted by molar-refractivity contribution is 9.10. The van der Waals surface area contributed by atoms with Crippen molar-refractivity contribution >= 4 is 27.3 Å². The highest BCUT2D eigenvalue weighted by Crippen LogP contribution is 2.43. The van der Waals surface area contributed by atoms with Gasteiger partial charge in [-0.2, -0.15) is 0 Å². The molecular formula is C25H18BrN3S. The molecule has 0 atom stereocenters. The van der Waals surface area contributed by atoms with Crippen LogP contribution < -0.4 is 0 Å². The smallest absolute Gasteiger partial charge is 0.142 e. The van der Waals surface area contributed by atoms with Crippen LogP contribution in [0.4, 0.5) is 0 Å². The number of rotatable bonds is 5. The number of aromatic nitrogens is 3. The van der Waals surface area contributed by atoms with Gasteiger partial charge in [0.25, 0.3) is 0 Å². The van der Waals surface area contributed by atoms with E-state index in [1.165, 1.54) is 0 Å². The van der Waals surface area contributed by atoms with E-state index in [1.54, 1.807) is 11.3 Å². The van der Waals surface area contributed by atoms with Crippen LogP contribution in [0.3, 0.4) is 0 Å². The molecule has 0 radical (unpaired) electrons. The zero-order chi connectivity index (χ0) is 20.4. The topological polar surface area (TPSA) is 30.7 Å². The van der Waals surface area contributed by atoms with E-state index in [1.807, 2.05) is 17.9 Å². The maximum absolute atomic E-state index is 4.68. The van der Waals surface area contributed by atoms with E-state index in [-0.39, 0.29) is 0 Å². The van der Waals surface area contributed by atoms with Crippen molar-refractivity contribution in [2.75, 3.05) is 0 Å². The first kappa shape index (κ1) is 19.0. The maximum atomic E-state index is 4.68. The van der Waals surface area contributed by atoms with Crippen LogP contribution in [0.5, 0.6) is 0 Å². The van der Waals surface area contributed by atoms with Crippen LogP contribution in [0.1, 0.15) is 16.7 Å². The van der Waals surface area contributed by atoms with Crippen LogP contribution >= 0.6 is 27.3 Å². The summed E-state index contributed by atoms with van der Waals surface area (Å²) in [7, 11) is 0. The number of hydrogen-bond donors (Lipinski definition) is 0. The van der Waals surface area contributed by atoms with Gasteiger partial charge in [0.1, 0.15) is 15.1 Å². The Balaban J connectivity index is 1.90. The van der Waals surface area contributed by atoms with Crippen molar-refractivity contribution in [1.29, 1.82) is 0 Å². The minimum absolute atomic E-state index is 0.590. The predicted octanol–water partition coefficient (Wildman–Crippen LogP) is 6.61. The lowest BCUT2D eigenvalue weighted by molar-refractivity contribution is 0.519. The largest absolute Gasteiger partial charge is 0.310 e. The maximum Gasteiger partial charge on any atom is 0.142 e. The third-order valence-electron chi connectivity index (χ3n) is 5.27. The molecule has 2 aromatic heterocycles. The van der Waals surface area contributed by atoms with Crippen molar-refractivity contribution in [2.24, 2.45) is 0 Å². The molecule has 0 bridgehead atoms. The molecule has 0 unspecified atom stereocenters. The van der Waals surface area contributed by atoms with Gasteiger partial charge in [-0.15, -0.1) is 11.3 Å². The molecule has 0 spiro atoms. The predicted molar refractivity (Wildman–Crippen MR) is 126 cm³/mol. The number of benzene rings is 3. The molecular weight excluding hydrogens is 454 g/mol. The Bertz CT molecular complexity index is 1150. The Morgan fingerprint density at radius 3 is 1.67 bits per heavy atom. The molecule has 0 aliphatic heterocycles. The van der Waals surface area contributed by atoms with E-state index in [0.717, 1.165) is 32.0 Å². The molecule has 3 aromatic carbocycles. The first-order chi connectivity index (χ1) is 14.8. The molecule has 3 nitrogen and oxygen atoms in total. The summed E-state index contributed by atoms with van der Waals surface area (Å²) >= 11 is 5.10. The van der Waals surface area contributed by atoms with E-state index in [0.29, 0.717) is 0 Å². The van der Waals surface area contributed by atoms with Gasteiger partial charge in [0.05, 0.1) is 18.2 Å². The summed E-state index contributed by atoms with van der Waals surface area (Å²) in [5, 5.41) is 2.92. The van der Waals surface area contributed by atoms with Gasteiger partial charge in [-0.05, 0) is 32.6 Å². The molecule has 0 N–H and O–H groups in total. The lowest BCUT2D eigenvalue weighted by atomic mass is 9.76. The van der Waals surface area contributed by atoms with Gasteiger partial charge in [-0.3, -0.25) is 0 Å². The van der Waals surface area contributed by atoms with Crippen molar-refractivity contribution in [3.05, 3.63) is 130 Å². The molecule has 30 heavy (non-hydrogen) atoms. The van der Waals surface area contributed by atoms with E-state index < -0.39 is 5.54 Å². The fraction of sp³-hybridized carbons (Fsp3) is 0.0400. The van der Waals surface area contributed by atoms with Crippen LogP contribution in [0.2, 0.25) is 0 Å². The fourth-order valence-electron chi connectivity index (χ4n) is 4.05. The minimum atomic E-state index is -0.590. The van der Waals surface area contributed by atoms with Crippen LogP contribution in [-0.2, 0) is 5.54 Å². The second-order valence-corrected chi connectivity index (χ2v) is 8.60. The molecule has 0 aliphatic rings. The Morgan fingerprint density at radius 2 is 1.23 bits per heavy atom. The Labute approximate surface area is 187 Å². The number of halogens is 1. The minimum Gasteiger partial charge on any atom is -0.310 e. The lowest BCUT2D eigenvalue weighted by Crippen LogP contribution is -2.37. The van der Waals surface area contributed by atoms with Crippen LogP contribution in [-0.4, -0.2) is 14.5 Å². The molecule has 0 amide bonds. The summed E-state index contributed by atoms with van der Waals surface area (Å²) in [5.74, 6) is 0. The van der Waals surface area contributed by atoms with E-state index >= 15 is 0 Å². The second kappa shape index (κ2) is 8.01. The van der Waals surface area contributed by atoms with Gasteiger partial charge in [-0.1, -0.05) is 91.0 Å². The SMILES string of the molecule is Brc1csc(-c2cncn2C(c2ccccc2)(c2ccccc2)c2ccccc2)n1. The monoisotopic (exact) mass is 471 g/mol. The second-order valence-electron chi connectivity index (χ2n) is 6.93. The van der Waals surface area contributed by atoms with Gasteiger partial charge >= 0.3 is 0 Å². The standard InChI is InChI=1S/C25H18BrN3S/c26-23-17-30-24(28-23)22-16-27-18-29(22)25(19-10-4-1-5-11-19,20-12-6-2-7-13-20)21-14-8-3-9-15-21/h1-18H. The average Bonchev–Trinajstić information content (AvgIpc) is 3.46. The van der Waals surface area contributed by atoms with Crippen LogP contribution in [0.15, 0.2) is 114 Å². The summed E-state index contributed by atoms with van der Waals surface area (Å²) in [5.41, 5.74) is 3.88. The van der Waals surface area contributed by atoms with Gasteiger partial charge in [0, 0.05) is 5.38 Å². The number of nitrogens with zero attached hydrogens (tertiary/aromatic N) is 3. The van der Waals surface area contributed by atoms with E-state index in [4.69, 9.17) is 0 Å². The van der Waals surface area contributed by atoms with E-state index in [2.05, 4.69) is 121 Å². The van der Waals surface area contributed by atoms with Crippen molar-refractivity contribution in [2.45, 2.75) is 5.54 Å². The third kappa shape index (κ3) is 3.11. The molecule has 2 heterocycles. The number of hydrogen-bond acceptors (Lipinski definition) is 3.